The van der Waals surface area contributed by atoms with Crippen LogP contribution in [0.15, 0.2) is 212 Å². The van der Waals surface area contributed by atoms with Crippen molar-refractivity contribution < 1.29 is 0 Å². The molecule has 13 aromatic rings. The summed E-state index contributed by atoms with van der Waals surface area (Å²) >= 11 is 0. The number of hydrogen-bond donors (Lipinski definition) is 0. The maximum absolute atomic E-state index is 2.82. The molecule has 0 fully saturated rings. The quantitative estimate of drug-likeness (QED) is 0.111. The molecule has 318 valence electrons. The molecule has 71 heavy (non-hydrogen) atoms. The fourth-order valence-corrected chi connectivity index (χ4v) is 15.4. The van der Waals surface area contributed by atoms with Crippen molar-refractivity contribution in [2.45, 2.75) is 0 Å². The monoisotopic (exact) mass is 888 g/mol. The fourth-order valence-electron chi connectivity index (χ4n) is 15.4. The van der Waals surface area contributed by atoms with Crippen LogP contribution in [0.4, 0.5) is 22.7 Å². The molecule has 0 spiro atoms. The highest BCUT2D eigenvalue weighted by Gasteiger charge is 2.56. The molecule has 0 amide bonds. The number of anilines is 4. The number of benzene rings is 13. The van der Waals surface area contributed by atoms with E-state index < -0.39 is 0 Å². The van der Waals surface area contributed by atoms with Gasteiger partial charge >= 0.3 is 13.7 Å². The molecule has 0 aromatic heterocycles. The standard InChI is InChI=1S/C66H35B3N2/c1-5-19-40-36(15-1)38-17-3-7-21-42(38)50-34-60-52(31-48(40)50)46-25-13-29-58-63(46)70-65-54(44-23-9-11-27-56(44)68(60)70)33-55-45-24-10-12-28-57(45)69-61-35-51-43-22-8-4-18-39(43)37-16-2-6-20-41(37)49(51)32-53(61)47-26-14-30-59-64(47)71(69)66(55)62(65)67(58)59/h1-35H. The third-order valence-electron chi connectivity index (χ3n) is 17.9. The highest BCUT2D eigenvalue weighted by molar-refractivity contribution is 7.06. The van der Waals surface area contributed by atoms with Crippen LogP contribution in [0.1, 0.15) is 0 Å². The van der Waals surface area contributed by atoms with Crippen LogP contribution in [0.2, 0.25) is 0 Å². The second kappa shape index (κ2) is 12.3. The van der Waals surface area contributed by atoms with E-state index >= 15 is 0 Å². The Labute approximate surface area is 410 Å². The Kier molecular flexibility index (Phi) is 6.29. The summed E-state index contributed by atoms with van der Waals surface area (Å²) in [6.07, 6.45) is 0. The van der Waals surface area contributed by atoms with Gasteiger partial charge in [-0.05, 0) is 143 Å². The lowest BCUT2D eigenvalue weighted by Crippen LogP contribution is -2.72. The van der Waals surface area contributed by atoms with E-state index in [9.17, 15) is 0 Å². The van der Waals surface area contributed by atoms with Crippen LogP contribution in [0.25, 0.3) is 109 Å². The molecule has 19 rings (SSSR count). The van der Waals surface area contributed by atoms with Crippen LogP contribution < -0.4 is 47.9 Å². The second-order valence-electron chi connectivity index (χ2n) is 20.9. The number of nitrogens with zero attached hydrogens (tertiary/aromatic N) is 2. The van der Waals surface area contributed by atoms with Gasteiger partial charge in [0, 0.05) is 45.0 Å². The lowest BCUT2D eigenvalue weighted by atomic mass is 9.28. The maximum Gasteiger partial charge on any atom is 0.329 e. The predicted molar refractivity (Wildman–Crippen MR) is 305 cm³/mol. The van der Waals surface area contributed by atoms with Crippen LogP contribution in [-0.4, -0.2) is 20.4 Å². The molecule has 0 atom stereocenters. The van der Waals surface area contributed by atoms with Crippen molar-refractivity contribution in [3.63, 3.8) is 0 Å². The normalized spacial score (nSPS) is 14.3. The Morgan fingerprint density at radius 1 is 0.211 bits per heavy atom. The summed E-state index contributed by atoms with van der Waals surface area (Å²) < 4.78 is 0. The molecule has 0 N–H and O–H groups in total. The third kappa shape index (κ3) is 4.09. The first-order chi connectivity index (χ1) is 35.3. The van der Waals surface area contributed by atoms with Crippen molar-refractivity contribution in [3.05, 3.63) is 212 Å². The lowest BCUT2D eigenvalue weighted by Gasteiger charge is -2.55. The molecule has 6 aliphatic rings. The van der Waals surface area contributed by atoms with Gasteiger partial charge in [0.15, 0.2) is 0 Å². The van der Waals surface area contributed by atoms with Crippen LogP contribution in [0, 0.1) is 0 Å². The first kappa shape index (κ1) is 36.2. The zero-order valence-corrected chi connectivity index (χ0v) is 38.3. The van der Waals surface area contributed by atoms with Gasteiger partial charge in [-0.25, -0.2) is 0 Å². The average Bonchev–Trinajstić information content (AvgIpc) is 3.46. The van der Waals surface area contributed by atoms with Gasteiger partial charge in [0.05, 0.1) is 0 Å². The number of hydrogen-bond acceptors (Lipinski definition) is 2. The van der Waals surface area contributed by atoms with E-state index in [1.54, 1.807) is 0 Å². The number of rotatable bonds is 0. The van der Waals surface area contributed by atoms with Gasteiger partial charge in [-0.3, -0.25) is 0 Å². The van der Waals surface area contributed by atoms with E-state index in [0.717, 1.165) is 0 Å². The maximum atomic E-state index is 2.82. The second-order valence-corrected chi connectivity index (χ2v) is 20.9. The molecule has 6 aliphatic heterocycles. The number of fused-ring (bicyclic) bond motifs is 26. The molecule has 0 unspecified atom stereocenters. The minimum absolute atomic E-state index is 0.0109. The summed E-state index contributed by atoms with van der Waals surface area (Å²) in [7, 11) is 0. The van der Waals surface area contributed by atoms with Gasteiger partial charge in [-0.2, -0.15) is 0 Å². The van der Waals surface area contributed by atoms with E-state index in [4.69, 9.17) is 0 Å². The summed E-state index contributed by atoms with van der Waals surface area (Å²) in [4.78, 5) is 5.64. The first-order valence-electron chi connectivity index (χ1n) is 25.3. The highest BCUT2D eigenvalue weighted by atomic mass is 15.1. The summed E-state index contributed by atoms with van der Waals surface area (Å²) in [6, 6.07) is 82.3. The Bertz CT molecular complexity index is 4470. The summed E-state index contributed by atoms with van der Waals surface area (Å²) in [5.74, 6) is 0. The Morgan fingerprint density at radius 3 is 0.944 bits per heavy atom. The highest BCUT2D eigenvalue weighted by Crippen LogP contribution is 2.56. The van der Waals surface area contributed by atoms with Crippen molar-refractivity contribution in [2.75, 3.05) is 9.62 Å². The minimum Gasteiger partial charge on any atom is -0.377 e. The van der Waals surface area contributed by atoms with Crippen molar-refractivity contribution in [2.24, 2.45) is 0 Å². The van der Waals surface area contributed by atoms with Crippen LogP contribution in [0.3, 0.4) is 0 Å². The molecule has 2 nitrogen and oxygen atoms in total. The van der Waals surface area contributed by atoms with Crippen LogP contribution >= 0.6 is 0 Å². The third-order valence-corrected chi connectivity index (χ3v) is 17.9. The number of para-hydroxylation sites is 2. The van der Waals surface area contributed by atoms with Gasteiger partial charge in [0.1, 0.15) is 0 Å². The summed E-state index contributed by atoms with van der Waals surface area (Å²) in [5.41, 5.74) is 25.9. The van der Waals surface area contributed by atoms with Gasteiger partial charge in [0.25, 0.3) is 6.71 Å². The molecule has 0 bridgehead atoms. The Hall–Kier alpha value is -8.79. The molecule has 0 saturated carbocycles. The van der Waals surface area contributed by atoms with E-state index in [2.05, 4.69) is 222 Å². The minimum atomic E-state index is -0.0109. The molecule has 5 heteroatoms. The van der Waals surface area contributed by atoms with Gasteiger partial charge in [-0.15, -0.1) is 0 Å². The zero-order chi connectivity index (χ0) is 45.5. The van der Waals surface area contributed by atoms with E-state index in [0.29, 0.717) is 0 Å². The topological polar surface area (TPSA) is 6.48 Å². The molecule has 0 saturated heterocycles. The van der Waals surface area contributed by atoms with Crippen LogP contribution in [-0.2, 0) is 0 Å². The molecular formula is C66H35B3N2. The molecular weight excluding hydrogens is 853 g/mol. The smallest absolute Gasteiger partial charge is 0.329 e. The lowest BCUT2D eigenvalue weighted by molar-refractivity contribution is 1.32. The average molecular weight is 888 g/mol. The predicted octanol–water partition coefficient (Wildman–Crippen LogP) is 11.6. The van der Waals surface area contributed by atoms with E-state index in [-0.39, 0.29) is 20.4 Å². The fraction of sp³-hybridized carbons (Fsp3) is 0. The Balaban J connectivity index is 0.974. The van der Waals surface area contributed by atoms with Gasteiger partial charge in [-0.1, -0.05) is 194 Å². The van der Waals surface area contributed by atoms with Crippen molar-refractivity contribution in [1.82, 2.24) is 0 Å². The molecule has 13 aromatic carbocycles. The summed E-state index contributed by atoms with van der Waals surface area (Å²) in [6.45, 7) is 0.0119. The first-order valence-corrected chi connectivity index (χ1v) is 25.3. The molecule has 0 radical (unpaired) electrons. The molecule has 0 aliphatic carbocycles. The zero-order valence-electron chi connectivity index (χ0n) is 38.3. The Morgan fingerprint density at radius 2 is 0.535 bits per heavy atom. The van der Waals surface area contributed by atoms with Crippen LogP contribution in [0.5, 0.6) is 0 Å². The SMILES string of the molecule is c1ccc2c(c1)B1c3cc4c5ccccc5c5ccccc5c4cc3-c3cccc4c3N1c1c-2cc2c3c1B4c1cccc4c1N3B(c1cc3c5ccccc5c5ccccc5c3cc1-4)c1ccccc1-2. The largest absolute Gasteiger partial charge is 0.377 e. The van der Waals surface area contributed by atoms with Gasteiger partial charge in [0.2, 0.25) is 0 Å². The van der Waals surface area contributed by atoms with Crippen molar-refractivity contribution in [1.29, 1.82) is 0 Å². The van der Waals surface area contributed by atoms with Crippen molar-refractivity contribution in [3.8, 4) is 44.5 Å². The van der Waals surface area contributed by atoms with E-state index in [1.807, 2.05) is 0 Å². The molecule has 6 heterocycles. The van der Waals surface area contributed by atoms with Gasteiger partial charge < -0.3 is 9.62 Å². The van der Waals surface area contributed by atoms with E-state index in [1.165, 1.54) is 170 Å². The summed E-state index contributed by atoms with van der Waals surface area (Å²) in [5, 5.41) is 15.8. The van der Waals surface area contributed by atoms with Crippen molar-refractivity contribution >= 4 is 146 Å².